The molecule has 3 rings (SSSR count). The van der Waals surface area contributed by atoms with Gasteiger partial charge in [0, 0.05) is 26.3 Å². The number of amides is 1. The maximum absolute atomic E-state index is 12.5. The van der Waals surface area contributed by atoms with Crippen molar-refractivity contribution in [3.05, 3.63) is 35.7 Å². The Morgan fingerprint density at radius 1 is 1.16 bits per heavy atom. The minimum absolute atomic E-state index is 0.0714. The lowest BCUT2D eigenvalue weighted by Crippen LogP contribution is -2.39. The number of nitrogens with one attached hydrogen (secondary N) is 1. The van der Waals surface area contributed by atoms with Crippen molar-refractivity contribution < 1.29 is 32.2 Å². The second-order valence-electron chi connectivity index (χ2n) is 6.88. The van der Waals surface area contributed by atoms with Crippen molar-refractivity contribution in [2.45, 2.75) is 17.9 Å². The number of hydrogen-bond donors (Lipinski definition) is 1. The lowest BCUT2D eigenvalue weighted by molar-refractivity contribution is -0.151. The third-order valence-electron chi connectivity index (χ3n) is 4.83. The SMILES string of the molecule is COc1cc2c(cc1OC)CN(C(=O)COC(=O)CNS(=O)(=O)c1cnn(C)c1)CC2. The minimum atomic E-state index is -3.89. The summed E-state index contributed by atoms with van der Waals surface area (Å²) in [7, 11) is 0.786. The number of benzene rings is 1. The van der Waals surface area contributed by atoms with Crippen molar-refractivity contribution in [1.29, 1.82) is 0 Å². The zero-order valence-corrected chi connectivity index (χ0v) is 18.3. The lowest BCUT2D eigenvalue weighted by atomic mass is 9.99. The summed E-state index contributed by atoms with van der Waals surface area (Å²) in [6, 6.07) is 3.72. The highest BCUT2D eigenvalue weighted by atomic mass is 32.2. The van der Waals surface area contributed by atoms with E-state index < -0.39 is 29.1 Å². The second kappa shape index (κ2) is 9.35. The van der Waals surface area contributed by atoms with Gasteiger partial charge in [0.05, 0.1) is 20.4 Å². The van der Waals surface area contributed by atoms with E-state index in [-0.39, 0.29) is 10.8 Å². The van der Waals surface area contributed by atoms with Crippen LogP contribution in [0.3, 0.4) is 0 Å². The molecule has 0 aliphatic carbocycles. The van der Waals surface area contributed by atoms with Gasteiger partial charge in [-0.05, 0) is 29.7 Å². The third kappa shape index (κ3) is 5.33. The summed E-state index contributed by atoms with van der Waals surface area (Å²) in [6.45, 7) is -0.257. The van der Waals surface area contributed by atoms with Gasteiger partial charge in [-0.2, -0.15) is 9.82 Å². The highest BCUT2D eigenvalue weighted by Gasteiger charge is 2.24. The number of rotatable bonds is 8. The third-order valence-corrected chi connectivity index (χ3v) is 6.18. The summed E-state index contributed by atoms with van der Waals surface area (Å²) in [5.41, 5.74) is 1.98. The molecule has 1 N–H and O–H groups in total. The summed E-state index contributed by atoms with van der Waals surface area (Å²) in [6.07, 6.45) is 3.09. The minimum Gasteiger partial charge on any atom is -0.493 e. The summed E-state index contributed by atoms with van der Waals surface area (Å²) in [5, 5.41) is 3.77. The largest absolute Gasteiger partial charge is 0.493 e. The number of nitrogens with zero attached hydrogens (tertiary/aromatic N) is 3. The average Bonchev–Trinajstić information content (AvgIpc) is 3.21. The fraction of sp³-hybridized carbons (Fsp3) is 0.421. The van der Waals surface area contributed by atoms with Crippen LogP contribution in [0.2, 0.25) is 0 Å². The van der Waals surface area contributed by atoms with Crippen LogP contribution in [0.25, 0.3) is 0 Å². The van der Waals surface area contributed by atoms with E-state index in [0.717, 1.165) is 17.3 Å². The second-order valence-corrected chi connectivity index (χ2v) is 8.64. The number of ether oxygens (including phenoxy) is 3. The van der Waals surface area contributed by atoms with Gasteiger partial charge in [-0.3, -0.25) is 14.3 Å². The molecule has 2 heterocycles. The van der Waals surface area contributed by atoms with Crippen molar-refractivity contribution in [2.24, 2.45) is 7.05 Å². The van der Waals surface area contributed by atoms with E-state index in [0.29, 0.717) is 31.0 Å². The molecule has 0 saturated heterocycles. The highest BCUT2D eigenvalue weighted by molar-refractivity contribution is 7.89. The Kier molecular flexibility index (Phi) is 6.81. The van der Waals surface area contributed by atoms with Gasteiger partial charge in [-0.1, -0.05) is 0 Å². The summed E-state index contributed by atoms with van der Waals surface area (Å²) >= 11 is 0. The van der Waals surface area contributed by atoms with Crippen molar-refractivity contribution in [3.63, 3.8) is 0 Å². The Morgan fingerprint density at radius 3 is 2.45 bits per heavy atom. The van der Waals surface area contributed by atoms with E-state index in [1.54, 1.807) is 19.1 Å². The van der Waals surface area contributed by atoms with Crippen molar-refractivity contribution >= 4 is 21.9 Å². The standard InChI is InChI=1S/C19H24N4O7S/c1-22-11-15(8-20-22)31(26,27)21-9-19(25)30-12-18(24)23-5-4-13-6-16(28-2)17(29-3)7-14(13)10-23/h6-8,11,21H,4-5,9-10,12H2,1-3H3. The average molecular weight is 452 g/mol. The van der Waals surface area contributed by atoms with E-state index in [4.69, 9.17) is 14.2 Å². The molecule has 1 aromatic heterocycles. The van der Waals surface area contributed by atoms with Crippen molar-refractivity contribution in [1.82, 2.24) is 19.4 Å². The highest BCUT2D eigenvalue weighted by Crippen LogP contribution is 2.33. The van der Waals surface area contributed by atoms with Gasteiger partial charge >= 0.3 is 5.97 Å². The molecular weight excluding hydrogens is 428 g/mol. The van der Waals surface area contributed by atoms with Crippen LogP contribution in [-0.4, -0.2) is 68.9 Å². The number of aryl methyl sites for hydroxylation is 1. The molecule has 0 unspecified atom stereocenters. The van der Waals surface area contributed by atoms with Gasteiger partial charge in [0.1, 0.15) is 11.4 Å². The lowest BCUT2D eigenvalue weighted by Gasteiger charge is -2.29. The van der Waals surface area contributed by atoms with E-state index in [2.05, 4.69) is 9.82 Å². The molecule has 12 heteroatoms. The summed E-state index contributed by atoms with van der Waals surface area (Å²) in [4.78, 5) is 25.9. The molecule has 11 nitrogen and oxygen atoms in total. The first-order chi connectivity index (χ1) is 14.7. The van der Waals surface area contributed by atoms with Crippen LogP contribution in [0, 0.1) is 0 Å². The van der Waals surface area contributed by atoms with Crippen LogP contribution in [0.5, 0.6) is 11.5 Å². The molecular formula is C19H24N4O7S. The van der Waals surface area contributed by atoms with E-state index in [1.165, 1.54) is 18.0 Å². The molecule has 1 aliphatic rings. The monoisotopic (exact) mass is 452 g/mol. The number of carbonyl (C=O) groups excluding carboxylic acids is 2. The van der Waals surface area contributed by atoms with Gasteiger partial charge in [0.2, 0.25) is 10.0 Å². The number of aromatic nitrogens is 2. The molecule has 1 aliphatic heterocycles. The van der Waals surface area contributed by atoms with Crippen molar-refractivity contribution in [2.75, 3.05) is 33.9 Å². The predicted octanol–water partition coefficient (Wildman–Crippen LogP) is -0.156. The number of sulfonamides is 1. The summed E-state index contributed by atoms with van der Waals surface area (Å²) < 4.78 is 43.2. The smallest absolute Gasteiger partial charge is 0.321 e. The maximum atomic E-state index is 12.5. The van der Waals surface area contributed by atoms with Crippen LogP contribution in [0.15, 0.2) is 29.4 Å². The summed E-state index contributed by atoms with van der Waals surface area (Å²) in [5.74, 6) is -0.0277. The molecule has 0 spiro atoms. The van der Waals surface area contributed by atoms with Gasteiger partial charge in [0.25, 0.3) is 5.91 Å². The molecule has 2 aromatic rings. The van der Waals surface area contributed by atoms with Gasteiger partial charge in [-0.25, -0.2) is 8.42 Å². The fourth-order valence-corrected chi connectivity index (χ4v) is 4.11. The Balaban J connectivity index is 1.51. The first-order valence-corrected chi connectivity index (χ1v) is 10.9. The Labute approximate surface area is 179 Å². The van der Waals surface area contributed by atoms with Crippen LogP contribution < -0.4 is 14.2 Å². The molecule has 0 atom stereocenters. The van der Waals surface area contributed by atoms with Gasteiger partial charge in [0.15, 0.2) is 18.1 Å². The Bertz CT molecular complexity index is 1080. The number of methoxy groups -OCH3 is 2. The van der Waals surface area contributed by atoms with Crippen molar-refractivity contribution in [3.8, 4) is 11.5 Å². The zero-order chi connectivity index (χ0) is 22.6. The molecule has 31 heavy (non-hydrogen) atoms. The van der Waals surface area contributed by atoms with Gasteiger partial charge in [-0.15, -0.1) is 0 Å². The van der Waals surface area contributed by atoms with Crippen LogP contribution in [0.1, 0.15) is 11.1 Å². The maximum Gasteiger partial charge on any atom is 0.321 e. The molecule has 168 valence electrons. The predicted molar refractivity (Wildman–Crippen MR) is 108 cm³/mol. The fourth-order valence-electron chi connectivity index (χ4n) is 3.16. The Morgan fingerprint density at radius 2 is 1.84 bits per heavy atom. The molecule has 0 bridgehead atoms. The first kappa shape index (κ1) is 22.6. The molecule has 1 aromatic carbocycles. The van der Waals surface area contributed by atoms with Crippen LogP contribution in [0.4, 0.5) is 0 Å². The van der Waals surface area contributed by atoms with Crippen LogP contribution in [-0.2, 0) is 44.4 Å². The number of esters is 1. The number of carbonyl (C=O) groups is 2. The topological polar surface area (TPSA) is 129 Å². The van der Waals surface area contributed by atoms with E-state index in [1.807, 2.05) is 12.1 Å². The normalized spacial score (nSPS) is 13.5. The molecule has 0 radical (unpaired) electrons. The first-order valence-electron chi connectivity index (χ1n) is 9.39. The quantitative estimate of drug-likeness (QED) is 0.547. The zero-order valence-electron chi connectivity index (χ0n) is 17.5. The Hall–Kier alpha value is -3.12. The molecule has 1 amide bonds. The molecule has 0 fully saturated rings. The number of fused-ring (bicyclic) bond motifs is 1. The van der Waals surface area contributed by atoms with Gasteiger partial charge < -0.3 is 19.1 Å². The molecule has 0 saturated carbocycles. The number of hydrogen-bond acceptors (Lipinski definition) is 8. The van der Waals surface area contributed by atoms with Crippen LogP contribution >= 0.6 is 0 Å². The van der Waals surface area contributed by atoms with E-state index in [9.17, 15) is 18.0 Å². The van der Waals surface area contributed by atoms with E-state index >= 15 is 0 Å².